The average Bonchev–Trinajstić information content (AvgIpc) is 2.25. The van der Waals surface area contributed by atoms with Crippen LogP contribution in [0.3, 0.4) is 0 Å². The summed E-state index contributed by atoms with van der Waals surface area (Å²) in [7, 11) is 0. The molecule has 0 spiro atoms. The first kappa shape index (κ1) is 14.8. The number of aliphatic imine (C=N–C) groups is 1. The number of hydrogen-bond donors (Lipinski definition) is 1. The molecule has 0 rings (SSSR count). The quantitative estimate of drug-likeness (QED) is 0.353. The SMILES string of the molecule is CCCN=C(NC#N)SCCC(F)=C(F)F. The Hall–Kier alpha value is -1.16. The Morgan fingerprint density at radius 1 is 1.44 bits per heavy atom. The van der Waals surface area contributed by atoms with Crippen LogP contribution in [0.15, 0.2) is 16.9 Å². The summed E-state index contributed by atoms with van der Waals surface area (Å²) in [5.41, 5.74) is 0. The van der Waals surface area contributed by atoms with Gasteiger partial charge in [0.05, 0.1) is 0 Å². The molecule has 0 unspecified atom stereocenters. The number of nitriles is 1. The standard InChI is InChI=1S/C9H12F3N3S/c1-2-4-14-9(15-6-13)16-5-3-7(10)8(11)12/h2-5H2,1H3,(H,14,15). The summed E-state index contributed by atoms with van der Waals surface area (Å²) in [6.45, 7) is 2.45. The lowest BCUT2D eigenvalue weighted by atomic mass is 10.4. The summed E-state index contributed by atoms with van der Waals surface area (Å²) in [6.07, 6.45) is -0.169. The van der Waals surface area contributed by atoms with Crippen LogP contribution in [0.4, 0.5) is 13.2 Å². The number of amidine groups is 1. The smallest absolute Gasteiger partial charge is 0.272 e. The highest BCUT2D eigenvalue weighted by Gasteiger charge is 2.06. The molecular formula is C9H12F3N3S. The predicted molar refractivity (Wildman–Crippen MR) is 58.8 cm³/mol. The molecule has 0 aliphatic heterocycles. The van der Waals surface area contributed by atoms with Crippen LogP contribution >= 0.6 is 11.8 Å². The molecule has 90 valence electrons. The summed E-state index contributed by atoms with van der Waals surface area (Å²) in [4.78, 5) is 3.99. The Balaban J connectivity index is 4.04. The molecule has 0 aromatic rings. The Labute approximate surface area is 96.4 Å². The highest BCUT2D eigenvalue weighted by Crippen LogP contribution is 2.16. The van der Waals surface area contributed by atoms with Gasteiger partial charge in [-0.25, -0.2) is 4.39 Å². The minimum absolute atomic E-state index is 0.112. The van der Waals surface area contributed by atoms with Crippen molar-refractivity contribution in [2.24, 2.45) is 4.99 Å². The van der Waals surface area contributed by atoms with Crippen molar-refractivity contribution >= 4 is 16.9 Å². The van der Waals surface area contributed by atoms with Gasteiger partial charge in [-0.15, -0.1) is 0 Å². The third-order valence-corrected chi connectivity index (χ3v) is 2.32. The first-order chi connectivity index (χ1) is 7.61. The highest BCUT2D eigenvalue weighted by molar-refractivity contribution is 8.13. The number of thioether (sulfide) groups is 1. The molecule has 0 atom stereocenters. The molecule has 0 saturated carbocycles. The van der Waals surface area contributed by atoms with Crippen molar-refractivity contribution in [1.29, 1.82) is 5.26 Å². The molecule has 0 bridgehead atoms. The zero-order valence-corrected chi connectivity index (χ0v) is 9.58. The zero-order valence-electron chi connectivity index (χ0n) is 8.76. The van der Waals surface area contributed by atoms with E-state index in [2.05, 4.69) is 10.3 Å². The van der Waals surface area contributed by atoms with E-state index in [1.807, 2.05) is 6.92 Å². The van der Waals surface area contributed by atoms with Crippen molar-refractivity contribution in [3.8, 4) is 6.19 Å². The molecule has 1 N–H and O–H groups in total. The first-order valence-corrected chi connectivity index (χ1v) is 5.62. The molecule has 3 nitrogen and oxygen atoms in total. The lowest BCUT2D eigenvalue weighted by Crippen LogP contribution is -2.14. The lowest BCUT2D eigenvalue weighted by molar-refractivity contribution is 0.373. The molecule has 0 aromatic carbocycles. The summed E-state index contributed by atoms with van der Waals surface area (Å²) in [5.74, 6) is -1.31. The summed E-state index contributed by atoms with van der Waals surface area (Å²) in [5, 5.41) is 11.0. The fourth-order valence-electron chi connectivity index (χ4n) is 0.714. The Morgan fingerprint density at radius 3 is 2.62 bits per heavy atom. The van der Waals surface area contributed by atoms with Gasteiger partial charge >= 0.3 is 6.08 Å². The van der Waals surface area contributed by atoms with Gasteiger partial charge in [0.1, 0.15) is 0 Å². The zero-order chi connectivity index (χ0) is 12.4. The fraction of sp³-hybridized carbons (Fsp3) is 0.556. The van der Waals surface area contributed by atoms with Crippen LogP contribution in [0.25, 0.3) is 0 Å². The van der Waals surface area contributed by atoms with Crippen molar-refractivity contribution in [1.82, 2.24) is 5.32 Å². The molecule has 0 amide bonds. The van der Waals surface area contributed by atoms with E-state index in [0.29, 0.717) is 11.7 Å². The van der Waals surface area contributed by atoms with E-state index < -0.39 is 11.9 Å². The Morgan fingerprint density at radius 2 is 2.12 bits per heavy atom. The van der Waals surface area contributed by atoms with Gasteiger partial charge in [-0.2, -0.15) is 14.0 Å². The minimum atomic E-state index is -2.29. The predicted octanol–water partition coefficient (Wildman–Crippen LogP) is 3.02. The molecule has 16 heavy (non-hydrogen) atoms. The van der Waals surface area contributed by atoms with Gasteiger partial charge in [0.2, 0.25) is 0 Å². The molecule has 0 fully saturated rings. The maximum absolute atomic E-state index is 12.4. The molecule has 7 heteroatoms. The van der Waals surface area contributed by atoms with E-state index in [0.717, 1.165) is 18.2 Å². The van der Waals surface area contributed by atoms with E-state index in [1.165, 1.54) is 0 Å². The average molecular weight is 251 g/mol. The van der Waals surface area contributed by atoms with Crippen LogP contribution in [0, 0.1) is 11.5 Å². The van der Waals surface area contributed by atoms with Gasteiger partial charge in [0.25, 0.3) is 0 Å². The van der Waals surface area contributed by atoms with Gasteiger partial charge in [-0.3, -0.25) is 10.3 Å². The largest absolute Gasteiger partial charge is 0.301 e. The number of nitrogens with zero attached hydrogens (tertiary/aromatic N) is 2. The maximum atomic E-state index is 12.4. The summed E-state index contributed by atoms with van der Waals surface area (Å²) in [6, 6.07) is 0. The second-order valence-electron chi connectivity index (χ2n) is 2.69. The minimum Gasteiger partial charge on any atom is -0.272 e. The van der Waals surface area contributed by atoms with Crippen LogP contribution in [0.1, 0.15) is 19.8 Å². The van der Waals surface area contributed by atoms with Crippen molar-refractivity contribution in [2.45, 2.75) is 19.8 Å². The second-order valence-corrected chi connectivity index (χ2v) is 3.77. The fourth-order valence-corrected chi connectivity index (χ4v) is 1.49. The number of hydrogen-bond acceptors (Lipinski definition) is 3. The summed E-state index contributed by atoms with van der Waals surface area (Å²) >= 11 is 1.04. The van der Waals surface area contributed by atoms with E-state index >= 15 is 0 Å². The topological polar surface area (TPSA) is 48.2 Å². The van der Waals surface area contributed by atoms with Crippen LogP contribution in [0.2, 0.25) is 0 Å². The van der Waals surface area contributed by atoms with Crippen molar-refractivity contribution in [2.75, 3.05) is 12.3 Å². The molecule has 0 heterocycles. The second kappa shape index (κ2) is 9.09. The van der Waals surface area contributed by atoms with E-state index in [1.54, 1.807) is 6.19 Å². The van der Waals surface area contributed by atoms with Crippen molar-refractivity contribution < 1.29 is 13.2 Å². The molecular weight excluding hydrogens is 239 g/mol. The van der Waals surface area contributed by atoms with Gasteiger partial charge in [-0.1, -0.05) is 18.7 Å². The van der Waals surface area contributed by atoms with Crippen molar-refractivity contribution in [3.05, 3.63) is 11.9 Å². The highest BCUT2D eigenvalue weighted by atomic mass is 32.2. The molecule has 0 aromatic heterocycles. The van der Waals surface area contributed by atoms with Gasteiger partial charge in [0.15, 0.2) is 17.2 Å². The molecule has 0 saturated heterocycles. The van der Waals surface area contributed by atoms with Crippen LogP contribution in [-0.2, 0) is 0 Å². The first-order valence-electron chi connectivity index (χ1n) is 4.63. The molecule has 0 aliphatic carbocycles. The van der Waals surface area contributed by atoms with Crippen molar-refractivity contribution in [3.63, 3.8) is 0 Å². The number of allylic oxidation sites excluding steroid dienone is 1. The number of nitrogens with one attached hydrogen (secondary N) is 1. The Bertz CT molecular complexity index is 306. The van der Waals surface area contributed by atoms with Gasteiger partial charge in [0, 0.05) is 18.7 Å². The monoisotopic (exact) mass is 251 g/mol. The van der Waals surface area contributed by atoms with Crippen LogP contribution in [0.5, 0.6) is 0 Å². The molecule has 0 radical (unpaired) electrons. The van der Waals surface area contributed by atoms with Gasteiger partial charge in [-0.05, 0) is 6.42 Å². The number of halogens is 3. The normalized spacial score (nSPS) is 10.8. The van der Waals surface area contributed by atoms with Crippen LogP contribution < -0.4 is 5.32 Å². The molecule has 0 aliphatic rings. The maximum Gasteiger partial charge on any atom is 0.301 e. The summed E-state index contributed by atoms with van der Waals surface area (Å²) < 4.78 is 35.8. The Kier molecular flexibility index (Phi) is 8.43. The van der Waals surface area contributed by atoms with E-state index in [4.69, 9.17) is 5.26 Å². The van der Waals surface area contributed by atoms with E-state index in [-0.39, 0.29) is 12.2 Å². The number of rotatable bonds is 5. The third-order valence-electron chi connectivity index (χ3n) is 1.41. The van der Waals surface area contributed by atoms with E-state index in [9.17, 15) is 13.2 Å². The third kappa shape index (κ3) is 7.17. The van der Waals surface area contributed by atoms with Gasteiger partial charge < -0.3 is 0 Å². The lowest BCUT2D eigenvalue weighted by Gasteiger charge is -2.02. The van der Waals surface area contributed by atoms with Crippen LogP contribution in [-0.4, -0.2) is 17.5 Å².